The molecule has 0 aromatic rings. The first-order chi connectivity index (χ1) is 3.98. The second-order valence-electron chi connectivity index (χ2n) is 1.03. The minimum atomic E-state index is -4.79. The van der Waals surface area contributed by atoms with Crippen molar-refractivity contribution in [1.82, 2.24) is 3.53 Å². The molecular weight excluding hydrogens is 252 g/mol. The van der Waals surface area contributed by atoms with Gasteiger partial charge in [-0.05, 0) is 0 Å². The Labute approximate surface area is 59.8 Å². The van der Waals surface area contributed by atoms with Crippen molar-refractivity contribution in [3.8, 4) is 0 Å². The molecule has 0 rings (SSSR count). The zero-order chi connectivity index (χ0) is 7.49. The van der Waals surface area contributed by atoms with E-state index in [2.05, 4.69) is 0 Å². The number of carbonyl (C=O) groups excluding carboxylic acids is 1. The molecule has 0 atom stereocenters. The van der Waals surface area contributed by atoms with E-state index in [-0.39, 0.29) is 0 Å². The molecule has 0 aromatic carbocycles. The quantitative estimate of drug-likeness (QED) is 0.378. The molecule has 0 heterocycles. The van der Waals surface area contributed by atoms with Gasteiger partial charge in [-0.1, -0.05) is 0 Å². The first kappa shape index (κ1) is 8.95. The molecule has 3 N–H and O–H groups in total. The monoisotopic (exact) mass is 255 g/mol. The van der Waals surface area contributed by atoms with Gasteiger partial charge < -0.3 is 0 Å². The average molecular weight is 255 g/mol. The number of halogens is 4. The minimum absolute atomic E-state index is 1.32. The Morgan fingerprint density at radius 2 is 2.00 bits per heavy atom. The van der Waals surface area contributed by atoms with Crippen LogP contribution in [0.2, 0.25) is 0 Å². The Morgan fingerprint density at radius 3 is 2.11 bits per heavy atom. The molecule has 3 nitrogen and oxygen atoms in total. The molecular formula is C2H3F3IN2O-. The Bertz CT molecular complexity index is 113. The van der Waals surface area contributed by atoms with Gasteiger partial charge in [-0.15, -0.1) is 0 Å². The predicted octanol–water partition coefficient (Wildman–Crippen LogP) is -3.46. The van der Waals surface area contributed by atoms with Crippen LogP contribution >= 0.6 is 0 Å². The van der Waals surface area contributed by atoms with Gasteiger partial charge in [0.1, 0.15) is 0 Å². The second kappa shape index (κ2) is 3.20. The van der Waals surface area contributed by atoms with E-state index in [1.807, 2.05) is 0 Å². The van der Waals surface area contributed by atoms with Crippen LogP contribution < -0.4 is 29.2 Å². The molecule has 0 aliphatic rings. The number of alkyl halides is 3. The van der Waals surface area contributed by atoms with Gasteiger partial charge in [0.05, 0.1) is 0 Å². The zero-order valence-corrected chi connectivity index (χ0v) is 6.15. The van der Waals surface area contributed by atoms with Crippen LogP contribution in [0.1, 0.15) is 0 Å². The Balaban J connectivity index is 3.74. The fourth-order valence-electron chi connectivity index (χ4n) is 0.103. The molecule has 0 aliphatic carbocycles. The third kappa shape index (κ3) is 3.51. The van der Waals surface area contributed by atoms with Crippen molar-refractivity contribution < 1.29 is 39.7 Å². The van der Waals surface area contributed by atoms with Crippen LogP contribution in [-0.4, -0.2) is 12.1 Å². The van der Waals surface area contributed by atoms with Crippen molar-refractivity contribution in [2.24, 2.45) is 3.95 Å². The number of amides is 1. The number of nitrogens with two attached hydrogens (primary N) is 1. The van der Waals surface area contributed by atoms with Gasteiger partial charge >= 0.3 is 59.3 Å². The topological polar surface area (TPSA) is 55.1 Å². The molecule has 0 spiro atoms. The molecule has 0 aliphatic heterocycles. The summed E-state index contributed by atoms with van der Waals surface area (Å²) in [6.07, 6.45) is -4.79. The van der Waals surface area contributed by atoms with Crippen molar-refractivity contribution in [3.05, 3.63) is 0 Å². The summed E-state index contributed by atoms with van der Waals surface area (Å²) in [5.74, 6) is -1.96. The van der Waals surface area contributed by atoms with E-state index < -0.39 is 33.8 Å². The molecule has 7 heteroatoms. The van der Waals surface area contributed by atoms with Crippen molar-refractivity contribution in [2.45, 2.75) is 6.18 Å². The van der Waals surface area contributed by atoms with E-state index in [1.165, 1.54) is 3.53 Å². The third-order valence-electron chi connectivity index (χ3n) is 0.398. The summed E-state index contributed by atoms with van der Waals surface area (Å²) in [5, 5.41) is 0. The molecule has 0 saturated carbocycles. The summed E-state index contributed by atoms with van der Waals surface area (Å²) in [5.41, 5.74) is 0. The van der Waals surface area contributed by atoms with Crippen molar-refractivity contribution in [2.75, 3.05) is 0 Å². The maximum absolute atomic E-state index is 11.2. The molecule has 1 amide bonds. The number of hydrogen-bond acceptors (Lipinski definition) is 2. The molecule has 0 saturated heterocycles. The Morgan fingerprint density at radius 1 is 1.56 bits per heavy atom. The van der Waals surface area contributed by atoms with Crippen LogP contribution in [0.4, 0.5) is 13.2 Å². The van der Waals surface area contributed by atoms with Gasteiger partial charge in [0.2, 0.25) is 0 Å². The van der Waals surface area contributed by atoms with Crippen LogP contribution in [0.25, 0.3) is 0 Å². The molecule has 9 heavy (non-hydrogen) atoms. The summed E-state index contributed by atoms with van der Waals surface area (Å²) in [6, 6.07) is 0. The Hall–Kier alpha value is -0.0500. The SMILES string of the molecule is N[I-]NC(=O)C(F)(F)F. The van der Waals surface area contributed by atoms with Gasteiger partial charge in [-0.3, -0.25) is 0 Å². The molecule has 56 valence electrons. The van der Waals surface area contributed by atoms with Gasteiger partial charge in [0, 0.05) is 0 Å². The van der Waals surface area contributed by atoms with Gasteiger partial charge in [-0.2, -0.15) is 0 Å². The summed E-state index contributed by atoms with van der Waals surface area (Å²) in [7, 11) is 0. The molecule has 0 fully saturated rings. The van der Waals surface area contributed by atoms with Gasteiger partial charge in [0.15, 0.2) is 0 Å². The van der Waals surface area contributed by atoms with E-state index >= 15 is 0 Å². The summed E-state index contributed by atoms with van der Waals surface area (Å²) >= 11 is -1.32. The average Bonchev–Trinajstić information content (AvgIpc) is 1.64. The van der Waals surface area contributed by atoms with E-state index in [9.17, 15) is 18.0 Å². The van der Waals surface area contributed by atoms with Crippen LogP contribution in [-0.2, 0) is 4.79 Å². The zero-order valence-electron chi connectivity index (χ0n) is 4.00. The molecule has 0 radical (unpaired) electrons. The fourth-order valence-corrected chi connectivity index (χ4v) is 0.692. The number of nitrogens with one attached hydrogen (secondary N) is 1. The van der Waals surface area contributed by atoms with Crippen molar-refractivity contribution in [1.29, 1.82) is 0 Å². The van der Waals surface area contributed by atoms with Crippen LogP contribution in [0.5, 0.6) is 0 Å². The Kier molecular flexibility index (Phi) is 3.18. The van der Waals surface area contributed by atoms with Crippen molar-refractivity contribution in [3.63, 3.8) is 0 Å². The van der Waals surface area contributed by atoms with Crippen LogP contribution in [0.3, 0.4) is 0 Å². The summed E-state index contributed by atoms with van der Waals surface area (Å²) < 4.78 is 39.8. The molecule has 0 unspecified atom stereocenters. The molecule has 0 bridgehead atoms. The third-order valence-corrected chi connectivity index (χ3v) is 1.20. The standard InChI is InChI=1S/C2H3F3IN2O/c3-2(4,5)1(9)8-6-7/h7H2,(H,8,9)/q-1. The van der Waals surface area contributed by atoms with E-state index in [0.717, 1.165) is 0 Å². The summed E-state index contributed by atoms with van der Waals surface area (Å²) in [6.45, 7) is 0. The fraction of sp³-hybridized carbons (Fsp3) is 0.500. The van der Waals surface area contributed by atoms with Gasteiger partial charge in [0.25, 0.3) is 0 Å². The van der Waals surface area contributed by atoms with Crippen LogP contribution in [0, 0.1) is 0 Å². The predicted molar refractivity (Wildman–Crippen MR) is 18.4 cm³/mol. The number of rotatable bonds is 1. The first-order valence-corrected chi connectivity index (χ1v) is 4.00. The van der Waals surface area contributed by atoms with Gasteiger partial charge in [-0.25, -0.2) is 0 Å². The van der Waals surface area contributed by atoms with Crippen molar-refractivity contribution >= 4 is 5.91 Å². The maximum atomic E-state index is 11.2. The number of hydrogen-bond donors (Lipinski definition) is 2. The molecule has 0 aromatic heterocycles. The summed E-state index contributed by atoms with van der Waals surface area (Å²) in [4.78, 5) is 9.78. The number of carbonyl (C=O) groups is 1. The van der Waals surface area contributed by atoms with E-state index in [1.54, 1.807) is 0 Å². The first-order valence-electron chi connectivity index (χ1n) is 1.68. The van der Waals surface area contributed by atoms with E-state index in [4.69, 9.17) is 3.95 Å². The normalized spacial score (nSPS) is 11.6. The van der Waals surface area contributed by atoms with Crippen LogP contribution in [0.15, 0.2) is 0 Å². The second-order valence-corrected chi connectivity index (χ2v) is 2.19. The van der Waals surface area contributed by atoms with E-state index in [0.29, 0.717) is 0 Å².